The molecule has 166 valence electrons. The fraction of sp³-hybridized carbons (Fsp3) is 0.391. The third-order valence-electron chi connectivity index (χ3n) is 5.02. The number of halogens is 3. The first-order valence-electron chi connectivity index (χ1n) is 9.92. The van der Waals surface area contributed by atoms with Crippen molar-refractivity contribution in [3.05, 3.63) is 70.2 Å². The van der Waals surface area contributed by atoms with E-state index in [0.717, 1.165) is 17.7 Å². The minimum absolute atomic E-state index is 0.0944. The standard InChI is InChI=1S/C23H25ClF2N2O3/c1-22(2,3)31-21(30)28-13-23(14-28,27-12-15-4-7-17(24)8-5-15)20(29)10-16-6-9-18(25)11-19(16)26/h4-9,11,27H,10,12-14H2,1-3H3. The lowest BCUT2D eigenvalue weighted by Crippen LogP contribution is -2.74. The third-order valence-corrected chi connectivity index (χ3v) is 5.27. The molecule has 31 heavy (non-hydrogen) atoms. The number of carbonyl (C=O) groups is 2. The molecule has 1 saturated heterocycles. The lowest BCUT2D eigenvalue weighted by Gasteiger charge is -2.49. The molecule has 8 heteroatoms. The second-order valence-electron chi connectivity index (χ2n) is 8.73. The van der Waals surface area contributed by atoms with Crippen molar-refractivity contribution >= 4 is 23.5 Å². The summed E-state index contributed by atoms with van der Waals surface area (Å²) in [5, 5.41) is 3.83. The Morgan fingerprint density at radius 3 is 2.35 bits per heavy atom. The van der Waals surface area contributed by atoms with E-state index in [2.05, 4.69) is 5.32 Å². The highest BCUT2D eigenvalue weighted by atomic mass is 35.5. The molecule has 0 bridgehead atoms. The average Bonchev–Trinajstić information content (AvgIpc) is 2.63. The molecule has 2 aromatic rings. The number of hydrogen-bond acceptors (Lipinski definition) is 4. The molecule has 5 nitrogen and oxygen atoms in total. The minimum atomic E-state index is -1.06. The Kier molecular flexibility index (Phi) is 6.67. The van der Waals surface area contributed by atoms with Crippen molar-refractivity contribution in [2.45, 2.75) is 44.9 Å². The maximum absolute atomic E-state index is 14.1. The predicted octanol–water partition coefficient (Wildman–Crippen LogP) is 4.51. The summed E-state index contributed by atoms with van der Waals surface area (Å²) in [7, 11) is 0. The number of ether oxygens (including phenoxy) is 1. The largest absolute Gasteiger partial charge is 0.444 e. The molecule has 0 saturated carbocycles. The van der Waals surface area contributed by atoms with Crippen molar-refractivity contribution in [2.75, 3.05) is 13.1 Å². The molecular weight excluding hydrogens is 426 g/mol. The molecule has 0 aromatic heterocycles. The summed E-state index contributed by atoms with van der Waals surface area (Å²) in [5.41, 5.74) is -0.708. The van der Waals surface area contributed by atoms with Crippen LogP contribution in [0.25, 0.3) is 0 Å². The summed E-state index contributed by atoms with van der Waals surface area (Å²) >= 11 is 5.92. The fourth-order valence-corrected chi connectivity index (χ4v) is 3.45. The lowest BCUT2D eigenvalue weighted by molar-refractivity contribution is -0.131. The molecular formula is C23H25ClF2N2O3. The maximum Gasteiger partial charge on any atom is 0.410 e. The summed E-state index contributed by atoms with van der Waals surface area (Å²) in [6, 6.07) is 10.3. The van der Waals surface area contributed by atoms with Crippen molar-refractivity contribution in [1.82, 2.24) is 10.2 Å². The van der Waals surface area contributed by atoms with Crippen LogP contribution < -0.4 is 5.32 Å². The van der Waals surface area contributed by atoms with Crippen LogP contribution in [0.3, 0.4) is 0 Å². The Bertz CT molecular complexity index is 968. The van der Waals surface area contributed by atoms with E-state index in [0.29, 0.717) is 11.6 Å². The molecule has 0 spiro atoms. The minimum Gasteiger partial charge on any atom is -0.444 e. The van der Waals surface area contributed by atoms with Gasteiger partial charge in [-0.2, -0.15) is 0 Å². The van der Waals surface area contributed by atoms with Crippen molar-refractivity contribution in [1.29, 1.82) is 0 Å². The van der Waals surface area contributed by atoms with Crippen LogP contribution >= 0.6 is 11.6 Å². The number of rotatable bonds is 6. The highest BCUT2D eigenvalue weighted by Gasteiger charge is 2.51. The molecule has 2 aromatic carbocycles. The highest BCUT2D eigenvalue weighted by Crippen LogP contribution is 2.27. The van der Waals surface area contributed by atoms with Gasteiger partial charge in [0.25, 0.3) is 0 Å². The second-order valence-corrected chi connectivity index (χ2v) is 9.17. The average molecular weight is 451 g/mol. The molecule has 3 rings (SSSR count). The van der Waals surface area contributed by atoms with Crippen LogP contribution in [0.2, 0.25) is 5.02 Å². The highest BCUT2D eigenvalue weighted by molar-refractivity contribution is 6.30. The first-order chi connectivity index (χ1) is 14.5. The van der Waals surface area contributed by atoms with Crippen LogP contribution in [-0.2, 0) is 22.5 Å². The molecule has 1 amide bonds. The Hall–Kier alpha value is -2.51. The summed E-state index contributed by atoms with van der Waals surface area (Å²) < 4.78 is 32.7. The topological polar surface area (TPSA) is 58.6 Å². The Morgan fingerprint density at radius 1 is 1.13 bits per heavy atom. The van der Waals surface area contributed by atoms with Crippen LogP contribution in [0.15, 0.2) is 42.5 Å². The zero-order valence-electron chi connectivity index (χ0n) is 17.7. The van der Waals surface area contributed by atoms with Crippen LogP contribution in [0.1, 0.15) is 31.9 Å². The number of ketones is 1. The molecule has 1 fully saturated rings. The van der Waals surface area contributed by atoms with Crippen molar-refractivity contribution in [3.8, 4) is 0 Å². The van der Waals surface area contributed by atoms with E-state index in [-0.39, 0.29) is 30.9 Å². The molecule has 0 radical (unpaired) electrons. The van der Waals surface area contributed by atoms with Crippen LogP contribution in [0.5, 0.6) is 0 Å². The first-order valence-corrected chi connectivity index (χ1v) is 10.3. The number of nitrogens with zero attached hydrogens (tertiary/aromatic N) is 1. The van der Waals surface area contributed by atoms with Crippen molar-refractivity contribution < 1.29 is 23.1 Å². The Labute approximate surface area is 185 Å². The molecule has 1 heterocycles. The number of hydrogen-bond donors (Lipinski definition) is 1. The molecule has 1 aliphatic rings. The summed E-state index contributed by atoms with van der Waals surface area (Å²) in [6.45, 7) is 5.84. The van der Waals surface area contributed by atoms with E-state index in [1.165, 1.54) is 11.0 Å². The number of amides is 1. The smallest absolute Gasteiger partial charge is 0.410 e. The Morgan fingerprint density at radius 2 is 1.77 bits per heavy atom. The number of carbonyl (C=O) groups excluding carboxylic acids is 2. The van der Waals surface area contributed by atoms with E-state index < -0.39 is 28.9 Å². The van der Waals surface area contributed by atoms with Crippen molar-refractivity contribution in [2.24, 2.45) is 0 Å². The zero-order chi connectivity index (χ0) is 22.8. The van der Waals surface area contributed by atoms with Crippen molar-refractivity contribution in [3.63, 3.8) is 0 Å². The maximum atomic E-state index is 14.1. The van der Waals surface area contributed by atoms with Gasteiger partial charge in [-0.3, -0.25) is 10.1 Å². The molecule has 0 atom stereocenters. The van der Waals surface area contributed by atoms with Gasteiger partial charge in [0, 0.05) is 24.1 Å². The zero-order valence-corrected chi connectivity index (χ0v) is 18.4. The molecule has 0 unspecified atom stereocenters. The van der Waals surface area contributed by atoms with Crippen LogP contribution in [-0.4, -0.2) is 41.0 Å². The van der Waals surface area contributed by atoms with Gasteiger partial charge in [-0.05, 0) is 50.1 Å². The fourth-order valence-electron chi connectivity index (χ4n) is 3.33. The first kappa shape index (κ1) is 23.2. The molecule has 0 aliphatic carbocycles. The van der Waals surface area contributed by atoms with Gasteiger partial charge in [0.1, 0.15) is 22.8 Å². The number of benzene rings is 2. The van der Waals surface area contributed by atoms with Gasteiger partial charge in [-0.1, -0.05) is 29.8 Å². The Balaban J connectivity index is 1.75. The van der Waals surface area contributed by atoms with E-state index >= 15 is 0 Å². The van der Waals surface area contributed by atoms with Gasteiger partial charge in [0.2, 0.25) is 0 Å². The number of Topliss-reactive ketones (excluding diaryl/α,β-unsaturated/α-hetero) is 1. The van der Waals surface area contributed by atoms with E-state index in [9.17, 15) is 18.4 Å². The van der Waals surface area contributed by atoms with E-state index in [1.807, 2.05) is 12.1 Å². The van der Waals surface area contributed by atoms with Gasteiger partial charge >= 0.3 is 6.09 Å². The second kappa shape index (κ2) is 8.93. The van der Waals surface area contributed by atoms with E-state index in [1.54, 1.807) is 32.9 Å². The SMILES string of the molecule is CC(C)(C)OC(=O)N1CC(NCc2ccc(Cl)cc2)(C(=O)Cc2ccc(F)cc2F)C1. The molecule has 1 N–H and O–H groups in total. The number of likely N-dealkylation sites (tertiary alicyclic amines) is 1. The van der Waals surface area contributed by atoms with E-state index in [4.69, 9.17) is 16.3 Å². The normalized spacial score (nSPS) is 15.4. The molecule has 1 aliphatic heterocycles. The van der Waals surface area contributed by atoms with Crippen LogP contribution in [0.4, 0.5) is 13.6 Å². The summed E-state index contributed by atoms with van der Waals surface area (Å²) in [5.74, 6) is -1.76. The van der Waals surface area contributed by atoms with Gasteiger partial charge in [0.15, 0.2) is 5.78 Å². The lowest BCUT2D eigenvalue weighted by atomic mass is 9.82. The van der Waals surface area contributed by atoms with Gasteiger partial charge in [-0.25, -0.2) is 13.6 Å². The third kappa shape index (κ3) is 5.80. The van der Waals surface area contributed by atoms with Gasteiger partial charge in [-0.15, -0.1) is 0 Å². The monoisotopic (exact) mass is 450 g/mol. The predicted molar refractivity (Wildman–Crippen MR) is 114 cm³/mol. The van der Waals surface area contributed by atoms with Gasteiger partial charge in [0.05, 0.1) is 13.1 Å². The van der Waals surface area contributed by atoms with Crippen LogP contribution in [0, 0.1) is 11.6 Å². The van der Waals surface area contributed by atoms with Gasteiger partial charge < -0.3 is 9.64 Å². The number of nitrogens with one attached hydrogen (secondary N) is 1. The summed E-state index contributed by atoms with van der Waals surface area (Å²) in [6.07, 6.45) is -0.737. The quantitative estimate of drug-likeness (QED) is 0.703. The summed E-state index contributed by atoms with van der Waals surface area (Å²) in [4.78, 5) is 27.0.